The molecule has 102 valence electrons. The highest BCUT2D eigenvalue weighted by molar-refractivity contribution is 6.24. The average molecular weight is 267 g/mol. The fourth-order valence-electron chi connectivity index (χ4n) is 2.49. The van der Waals surface area contributed by atoms with Gasteiger partial charge in [-0.1, -0.05) is 30.3 Å². The van der Waals surface area contributed by atoms with Gasteiger partial charge in [0.15, 0.2) is 0 Å². The number of benzene rings is 1. The Morgan fingerprint density at radius 2 is 1.80 bits per heavy atom. The summed E-state index contributed by atoms with van der Waals surface area (Å²) in [6.07, 6.45) is 5.63. The van der Waals surface area contributed by atoms with Crippen LogP contribution in [0.25, 0.3) is 11.6 Å². The molecule has 1 aromatic carbocycles. The number of carbonyl (C=O) groups excluding carboxylic acids is 1. The molecule has 20 heavy (non-hydrogen) atoms. The van der Waals surface area contributed by atoms with Crippen molar-refractivity contribution in [3.63, 3.8) is 0 Å². The number of furan rings is 1. The zero-order valence-corrected chi connectivity index (χ0v) is 11.3. The second kappa shape index (κ2) is 5.78. The van der Waals surface area contributed by atoms with Crippen molar-refractivity contribution < 1.29 is 9.21 Å². The Balaban J connectivity index is 1.97. The van der Waals surface area contributed by atoms with E-state index in [2.05, 4.69) is 0 Å². The van der Waals surface area contributed by atoms with Crippen LogP contribution in [-0.2, 0) is 4.79 Å². The van der Waals surface area contributed by atoms with Gasteiger partial charge in [0.05, 0.1) is 11.8 Å². The molecule has 1 aliphatic rings. The lowest BCUT2D eigenvalue weighted by Gasteiger charge is -2.17. The van der Waals surface area contributed by atoms with E-state index in [1.807, 2.05) is 53.4 Å². The van der Waals surface area contributed by atoms with Crippen LogP contribution in [0.2, 0.25) is 0 Å². The van der Waals surface area contributed by atoms with E-state index < -0.39 is 0 Å². The highest BCUT2D eigenvalue weighted by Gasteiger charge is 2.22. The molecular formula is C17H17NO2. The predicted octanol–water partition coefficient (Wildman–Crippen LogP) is 3.44. The molecule has 1 saturated heterocycles. The first-order chi connectivity index (χ1) is 9.84. The van der Waals surface area contributed by atoms with Gasteiger partial charge in [0, 0.05) is 13.1 Å². The zero-order chi connectivity index (χ0) is 13.8. The number of hydrogen-bond acceptors (Lipinski definition) is 2. The molecule has 3 heteroatoms. The van der Waals surface area contributed by atoms with Crippen LogP contribution in [-0.4, -0.2) is 23.9 Å². The van der Waals surface area contributed by atoms with Gasteiger partial charge < -0.3 is 9.32 Å². The molecule has 0 atom stereocenters. The Hall–Kier alpha value is -2.29. The maximum absolute atomic E-state index is 12.7. The van der Waals surface area contributed by atoms with Gasteiger partial charge in [-0.05, 0) is 36.6 Å². The largest absolute Gasteiger partial charge is 0.465 e. The third-order valence-electron chi connectivity index (χ3n) is 3.54. The molecule has 1 aliphatic heterocycles. The molecule has 1 aromatic heterocycles. The third-order valence-corrected chi connectivity index (χ3v) is 3.54. The Morgan fingerprint density at radius 3 is 2.45 bits per heavy atom. The van der Waals surface area contributed by atoms with Crippen molar-refractivity contribution in [2.45, 2.75) is 12.8 Å². The SMILES string of the molecule is O=C(/C(=C/c1ccco1)c1ccccc1)N1CCCC1. The number of rotatable bonds is 3. The van der Waals surface area contributed by atoms with E-state index in [1.165, 1.54) is 0 Å². The molecule has 0 N–H and O–H groups in total. The topological polar surface area (TPSA) is 33.5 Å². The normalized spacial score (nSPS) is 15.6. The van der Waals surface area contributed by atoms with Crippen LogP contribution in [0.15, 0.2) is 53.1 Å². The van der Waals surface area contributed by atoms with Gasteiger partial charge in [0.1, 0.15) is 5.76 Å². The summed E-state index contributed by atoms with van der Waals surface area (Å²) in [5, 5.41) is 0. The molecule has 0 aliphatic carbocycles. The summed E-state index contributed by atoms with van der Waals surface area (Å²) in [5.41, 5.74) is 1.63. The first-order valence-electron chi connectivity index (χ1n) is 6.94. The lowest BCUT2D eigenvalue weighted by Crippen LogP contribution is -2.28. The molecule has 3 nitrogen and oxygen atoms in total. The van der Waals surface area contributed by atoms with E-state index in [9.17, 15) is 4.79 Å². The summed E-state index contributed by atoms with van der Waals surface area (Å²) in [6, 6.07) is 13.5. The van der Waals surface area contributed by atoms with Crippen LogP contribution >= 0.6 is 0 Å². The van der Waals surface area contributed by atoms with Crippen molar-refractivity contribution in [3.8, 4) is 0 Å². The fraction of sp³-hybridized carbons (Fsp3) is 0.235. The van der Waals surface area contributed by atoms with Crippen molar-refractivity contribution >= 4 is 17.6 Å². The smallest absolute Gasteiger partial charge is 0.254 e. The lowest BCUT2D eigenvalue weighted by atomic mass is 10.0. The number of nitrogens with zero attached hydrogens (tertiary/aromatic N) is 1. The van der Waals surface area contributed by atoms with Crippen LogP contribution in [0.3, 0.4) is 0 Å². The summed E-state index contributed by atoms with van der Waals surface area (Å²) < 4.78 is 5.35. The number of hydrogen-bond donors (Lipinski definition) is 0. The van der Waals surface area contributed by atoms with Gasteiger partial charge >= 0.3 is 0 Å². The molecule has 1 fully saturated rings. The second-order valence-corrected chi connectivity index (χ2v) is 4.94. The molecular weight excluding hydrogens is 250 g/mol. The summed E-state index contributed by atoms with van der Waals surface area (Å²) >= 11 is 0. The summed E-state index contributed by atoms with van der Waals surface area (Å²) in [6.45, 7) is 1.70. The number of amides is 1. The first-order valence-corrected chi connectivity index (χ1v) is 6.94. The van der Waals surface area contributed by atoms with Gasteiger partial charge in [0.2, 0.25) is 0 Å². The van der Waals surface area contributed by atoms with Crippen LogP contribution in [0.1, 0.15) is 24.2 Å². The highest BCUT2D eigenvalue weighted by atomic mass is 16.3. The molecule has 0 unspecified atom stereocenters. The second-order valence-electron chi connectivity index (χ2n) is 4.94. The maximum atomic E-state index is 12.7. The van der Waals surface area contributed by atoms with E-state index in [0.717, 1.165) is 31.5 Å². The third kappa shape index (κ3) is 2.67. The molecule has 2 aromatic rings. The van der Waals surface area contributed by atoms with Crippen LogP contribution in [0, 0.1) is 0 Å². The Bertz CT molecular complexity index is 593. The molecule has 0 radical (unpaired) electrons. The Kier molecular flexibility index (Phi) is 3.68. The van der Waals surface area contributed by atoms with E-state index in [1.54, 1.807) is 6.26 Å². The van der Waals surface area contributed by atoms with Crippen LogP contribution in [0.4, 0.5) is 0 Å². The fourth-order valence-corrected chi connectivity index (χ4v) is 2.49. The van der Waals surface area contributed by atoms with Crippen molar-refractivity contribution in [2.75, 3.05) is 13.1 Å². The number of likely N-dealkylation sites (tertiary alicyclic amines) is 1. The molecule has 1 amide bonds. The number of carbonyl (C=O) groups is 1. The summed E-state index contributed by atoms with van der Waals surface area (Å²) in [4.78, 5) is 14.6. The monoisotopic (exact) mass is 267 g/mol. The van der Waals surface area contributed by atoms with E-state index in [4.69, 9.17) is 4.42 Å². The zero-order valence-electron chi connectivity index (χ0n) is 11.3. The quantitative estimate of drug-likeness (QED) is 0.798. The van der Waals surface area contributed by atoms with Gasteiger partial charge in [-0.25, -0.2) is 0 Å². The van der Waals surface area contributed by atoms with Crippen molar-refractivity contribution in [2.24, 2.45) is 0 Å². The Morgan fingerprint density at radius 1 is 1.05 bits per heavy atom. The van der Waals surface area contributed by atoms with Crippen molar-refractivity contribution in [3.05, 3.63) is 60.1 Å². The molecule has 3 rings (SSSR count). The minimum Gasteiger partial charge on any atom is -0.465 e. The van der Waals surface area contributed by atoms with Gasteiger partial charge in [0.25, 0.3) is 5.91 Å². The minimum atomic E-state index is 0.0881. The van der Waals surface area contributed by atoms with E-state index in [-0.39, 0.29) is 5.91 Å². The minimum absolute atomic E-state index is 0.0881. The van der Waals surface area contributed by atoms with Gasteiger partial charge in [-0.15, -0.1) is 0 Å². The molecule has 0 bridgehead atoms. The van der Waals surface area contributed by atoms with Gasteiger partial charge in [-0.3, -0.25) is 4.79 Å². The van der Waals surface area contributed by atoms with E-state index in [0.29, 0.717) is 11.3 Å². The van der Waals surface area contributed by atoms with Crippen LogP contribution in [0.5, 0.6) is 0 Å². The summed E-state index contributed by atoms with van der Waals surface area (Å²) in [7, 11) is 0. The van der Waals surface area contributed by atoms with Crippen molar-refractivity contribution in [1.29, 1.82) is 0 Å². The average Bonchev–Trinajstić information content (AvgIpc) is 3.18. The standard InChI is InChI=1S/C17H17NO2/c19-17(18-10-4-5-11-18)16(13-15-9-6-12-20-15)14-7-2-1-3-8-14/h1-3,6-9,12-13H,4-5,10-11H2/b16-13+. The highest BCUT2D eigenvalue weighted by Crippen LogP contribution is 2.23. The predicted molar refractivity (Wildman–Crippen MR) is 78.8 cm³/mol. The summed E-state index contributed by atoms with van der Waals surface area (Å²) in [5.74, 6) is 0.793. The molecule has 2 heterocycles. The molecule has 0 saturated carbocycles. The lowest BCUT2D eigenvalue weighted by molar-refractivity contribution is -0.123. The Labute approximate surface area is 118 Å². The van der Waals surface area contributed by atoms with E-state index >= 15 is 0 Å². The first kappa shape index (κ1) is 12.7. The maximum Gasteiger partial charge on any atom is 0.254 e. The van der Waals surface area contributed by atoms with Gasteiger partial charge in [-0.2, -0.15) is 0 Å². The molecule has 0 spiro atoms. The van der Waals surface area contributed by atoms with Crippen molar-refractivity contribution in [1.82, 2.24) is 4.90 Å². The van der Waals surface area contributed by atoms with Crippen LogP contribution < -0.4 is 0 Å².